The Kier molecular flexibility index (Phi) is 8.51. The van der Waals surface area contributed by atoms with E-state index in [1.54, 1.807) is 0 Å². The maximum Gasteiger partial charge on any atom is 0.0715 e. The molecule has 2 aliphatic rings. The number of para-hydroxylation sites is 2. The van der Waals surface area contributed by atoms with Crippen molar-refractivity contribution in [3.63, 3.8) is 0 Å². The standard InChI is InChI=1S/C64H46N2/c1-63(2)55-30-16-12-26-50(55)53-39-38-49(42-58(53)63)65(48-36-34-44(35-37-48)43-20-6-3-7-21-43)60-40-46(41-61-62(60)54-29-15-19-33-59(54)66(61)47-24-10-5-11-25-47)64(45-22-8-4-9-23-45)56-31-17-13-27-51(56)52-28-14-18-32-57(52)64/h3-42H,1-2H3. The van der Waals surface area contributed by atoms with Crippen molar-refractivity contribution in [1.29, 1.82) is 0 Å². The van der Waals surface area contributed by atoms with Crippen LogP contribution < -0.4 is 4.90 Å². The Morgan fingerprint density at radius 2 is 0.879 bits per heavy atom. The lowest BCUT2D eigenvalue weighted by atomic mass is 9.67. The number of hydrogen-bond acceptors (Lipinski definition) is 1. The number of nitrogens with zero attached hydrogens (tertiary/aromatic N) is 2. The Morgan fingerprint density at radius 3 is 1.56 bits per heavy atom. The summed E-state index contributed by atoms with van der Waals surface area (Å²) < 4.78 is 2.49. The number of benzene rings is 10. The summed E-state index contributed by atoms with van der Waals surface area (Å²) in [7, 11) is 0. The molecule has 0 aliphatic heterocycles. The van der Waals surface area contributed by atoms with Crippen molar-refractivity contribution in [3.05, 3.63) is 276 Å². The van der Waals surface area contributed by atoms with Gasteiger partial charge in [-0.25, -0.2) is 0 Å². The smallest absolute Gasteiger partial charge is 0.0715 e. The van der Waals surface area contributed by atoms with Crippen molar-refractivity contribution in [1.82, 2.24) is 4.57 Å². The third-order valence-electron chi connectivity index (χ3n) is 14.7. The minimum Gasteiger partial charge on any atom is -0.310 e. The van der Waals surface area contributed by atoms with Gasteiger partial charge in [0.2, 0.25) is 0 Å². The van der Waals surface area contributed by atoms with Gasteiger partial charge >= 0.3 is 0 Å². The Bertz CT molecular complexity index is 3610. The molecule has 2 heteroatoms. The SMILES string of the molecule is CC1(C)c2ccccc2-c2ccc(N(c3ccc(-c4ccccc4)cc3)c3cc(C4(c5ccccc5)c5ccccc5-c5ccccc54)cc4c3c3ccccc3n4-c3ccccc3)cc21. The van der Waals surface area contributed by atoms with Gasteiger partial charge in [-0.05, 0) is 121 Å². The summed E-state index contributed by atoms with van der Waals surface area (Å²) >= 11 is 0. The second-order valence-corrected chi connectivity index (χ2v) is 18.4. The van der Waals surface area contributed by atoms with E-state index in [0.717, 1.165) is 28.3 Å². The summed E-state index contributed by atoms with van der Waals surface area (Å²) in [6.45, 7) is 4.76. The first kappa shape index (κ1) is 38.3. The Labute approximate surface area is 386 Å². The Balaban J connectivity index is 1.18. The van der Waals surface area contributed by atoms with E-state index in [1.807, 2.05) is 0 Å². The van der Waals surface area contributed by atoms with Gasteiger partial charge in [-0.15, -0.1) is 0 Å². The summed E-state index contributed by atoms with van der Waals surface area (Å²) in [4.78, 5) is 2.55. The monoisotopic (exact) mass is 842 g/mol. The van der Waals surface area contributed by atoms with Crippen LogP contribution in [0.4, 0.5) is 17.1 Å². The van der Waals surface area contributed by atoms with Gasteiger partial charge in [-0.1, -0.05) is 202 Å². The van der Waals surface area contributed by atoms with Crippen LogP contribution in [0.1, 0.15) is 47.2 Å². The molecule has 0 saturated heterocycles. The largest absolute Gasteiger partial charge is 0.310 e. The van der Waals surface area contributed by atoms with E-state index in [4.69, 9.17) is 0 Å². The molecule has 312 valence electrons. The van der Waals surface area contributed by atoms with Crippen LogP contribution >= 0.6 is 0 Å². The van der Waals surface area contributed by atoms with Crippen LogP contribution in [0.2, 0.25) is 0 Å². The lowest BCUT2D eigenvalue weighted by Crippen LogP contribution is -2.29. The maximum absolute atomic E-state index is 2.55. The van der Waals surface area contributed by atoms with Gasteiger partial charge in [0, 0.05) is 33.2 Å². The van der Waals surface area contributed by atoms with E-state index in [9.17, 15) is 0 Å². The summed E-state index contributed by atoms with van der Waals surface area (Å²) in [6.07, 6.45) is 0. The molecule has 0 saturated carbocycles. The minimum atomic E-state index is -0.625. The van der Waals surface area contributed by atoms with E-state index in [-0.39, 0.29) is 5.41 Å². The van der Waals surface area contributed by atoms with Crippen LogP contribution in [-0.2, 0) is 10.8 Å². The molecule has 66 heavy (non-hydrogen) atoms. The van der Waals surface area contributed by atoms with Gasteiger partial charge in [0.1, 0.15) is 0 Å². The summed E-state index contributed by atoms with van der Waals surface area (Å²) in [5, 5.41) is 2.41. The lowest BCUT2D eigenvalue weighted by molar-refractivity contribution is 0.660. The van der Waals surface area contributed by atoms with Crippen LogP contribution in [0.5, 0.6) is 0 Å². The third kappa shape index (κ3) is 5.48. The zero-order valence-corrected chi connectivity index (χ0v) is 37.0. The van der Waals surface area contributed by atoms with Gasteiger partial charge < -0.3 is 9.47 Å². The molecule has 11 aromatic rings. The average molecular weight is 843 g/mol. The quantitative estimate of drug-likeness (QED) is 0.155. The molecule has 2 aliphatic carbocycles. The summed E-state index contributed by atoms with van der Waals surface area (Å²) in [5.41, 5.74) is 21.3. The summed E-state index contributed by atoms with van der Waals surface area (Å²) in [5.74, 6) is 0. The van der Waals surface area contributed by atoms with Crippen LogP contribution in [0.25, 0.3) is 60.9 Å². The van der Waals surface area contributed by atoms with Crippen molar-refractivity contribution < 1.29 is 0 Å². The fraction of sp³-hybridized carbons (Fsp3) is 0.0625. The highest BCUT2D eigenvalue weighted by atomic mass is 15.1. The van der Waals surface area contributed by atoms with Crippen LogP contribution in [-0.4, -0.2) is 4.57 Å². The van der Waals surface area contributed by atoms with E-state index >= 15 is 0 Å². The van der Waals surface area contributed by atoms with Crippen molar-refractivity contribution in [2.24, 2.45) is 0 Å². The van der Waals surface area contributed by atoms with Crippen molar-refractivity contribution >= 4 is 38.9 Å². The minimum absolute atomic E-state index is 0.181. The third-order valence-corrected chi connectivity index (χ3v) is 14.7. The molecule has 13 rings (SSSR count). The number of fused-ring (bicyclic) bond motifs is 9. The normalized spacial score (nSPS) is 13.8. The number of hydrogen-bond donors (Lipinski definition) is 0. The molecule has 0 bridgehead atoms. The summed E-state index contributed by atoms with van der Waals surface area (Å²) in [6, 6.07) is 90.3. The highest BCUT2D eigenvalue weighted by Gasteiger charge is 2.47. The Morgan fingerprint density at radius 1 is 0.364 bits per heavy atom. The molecule has 1 heterocycles. The fourth-order valence-corrected chi connectivity index (χ4v) is 11.7. The van der Waals surface area contributed by atoms with Gasteiger partial charge in [-0.3, -0.25) is 0 Å². The van der Waals surface area contributed by atoms with Crippen LogP contribution in [0.3, 0.4) is 0 Å². The molecule has 10 aromatic carbocycles. The van der Waals surface area contributed by atoms with Crippen molar-refractivity contribution in [3.8, 4) is 39.1 Å². The molecule has 1 aromatic heterocycles. The molecule has 0 radical (unpaired) electrons. The predicted molar refractivity (Wildman–Crippen MR) is 276 cm³/mol. The van der Waals surface area contributed by atoms with Gasteiger partial charge in [0.05, 0.1) is 22.1 Å². The van der Waals surface area contributed by atoms with Gasteiger partial charge in [0.25, 0.3) is 0 Å². The highest BCUT2D eigenvalue weighted by Crippen LogP contribution is 2.58. The molecule has 2 nitrogen and oxygen atoms in total. The molecule has 0 atom stereocenters. The molecule has 0 fully saturated rings. The molecular formula is C64H46N2. The molecule has 0 unspecified atom stereocenters. The van der Waals surface area contributed by atoms with Crippen LogP contribution in [0.15, 0.2) is 243 Å². The second kappa shape index (κ2) is 14.7. The van der Waals surface area contributed by atoms with E-state index < -0.39 is 5.41 Å². The number of aromatic nitrogens is 1. The molecule has 0 amide bonds. The highest BCUT2D eigenvalue weighted by molar-refractivity contribution is 6.17. The van der Waals surface area contributed by atoms with Crippen molar-refractivity contribution in [2.45, 2.75) is 24.7 Å². The van der Waals surface area contributed by atoms with E-state index in [2.05, 4.69) is 266 Å². The maximum atomic E-state index is 2.55. The first-order chi connectivity index (χ1) is 32.5. The van der Waals surface area contributed by atoms with Gasteiger partial charge in [-0.2, -0.15) is 0 Å². The fourth-order valence-electron chi connectivity index (χ4n) is 11.7. The number of rotatable bonds is 7. The zero-order valence-electron chi connectivity index (χ0n) is 37.0. The molecule has 0 N–H and O–H groups in total. The Hall–Kier alpha value is -8.20. The molecular weight excluding hydrogens is 797 g/mol. The zero-order chi connectivity index (χ0) is 44.0. The predicted octanol–water partition coefficient (Wildman–Crippen LogP) is 16.6. The topological polar surface area (TPSA) is 8.17 Å². The lowest BCUT2D eigenvalue weighted by Gasteiger charge is -2.36. The van der Waals surface area contributed by atoms with Crippen molar-refractivity contribution in [2.75, 3.05) is 4.90 Å². The first-order valence-corrected chi connectivity index (χ1v) is 23.1. The van der Waals surface area contributed by atoms with E-state index in [0.29, 0.717) is 0 Å². The van der Waals surface area contributed by atoms with Crippen LogP contribution in [0, 0.1) is 0 Å². The van der Waals surface area contributed by atoms with Gasteiger partial charge in [0.15, 0.2) is 0 Å². The second-order valence-electron chi connectivity index (χ2n) is 18.4. The molecule has 0 spiro atoms. The average Bonchev–Trinajstić information content (AvgIpc) is 3.96. The van der Waals surface area contributed by atoms with E-state index in [1.165, 1.54) is 83.1 Å². The first-order valence-electron chi connectivity index (χ1n) is 23.1. The number of anilines is 3.